The predicted molar refractivity (Wildman–Crippen MR) is 107 cm³/mol. The highest BCUT2D eigenvalue weighted by Crippen LogP contribution is 2.32. The van der Waals surface area contributed by atoms with Gasteiger partial charge in [-0.25, -0.2) is 4.99 Å². The summed E-state index contributed by atoms with van der Waals surface area (Å²) >= 11 is 4.88. The third kappa shape index (κ3) is 3.96. The molecule has 1 aliphatic heterocycles. The van der Waals surface area contributed by atoms with E-state index in [9.17, 15) is 4.79 Å². The van der Waals surface area contributed by atoms with Crippen LogP contribution in [-0.2, 0) is 4.79 Å². The van der Waals surface area contributed by atoms with Crippen LogP contribution in [0.4, 0.5) is 5.69 Å². The number of thioether (sulfide) groups is 1. The molecule has 6 heteroatoms. The van der Waals surface area contributed by atoms with E-state index < -0.39 is 0 Å². The Bertz CT molecular complexity index is 883. The number of methoxy groups -OCH3 is 1. The molecule has 1 fully saturated rings. The fourth-order valence-corrected chi connectivity index (χ4v) is 3.57. The number of benzene rings is 2. The molecule has 0 atom stereocenters. The number of ether oxygens (including phenoxy) is 1. The van der Waals surface area contributed by atoms with E-state index in [1.807, 2.05) is 56.3 Å². The summed E-state index contributed by atoms with van der Waals surface area (Å²) in [5.74, 6) is 0.577. The highest BCUT2D eigenvalue weighted by Gasteiger charge is 2.24. The minimum Gasteiger partial charge on any atom is -0.496 e. The number of amidine groups is 1. The Hall–Kier alpha value is -2.05. The molecule has 4 nitrogen and oxygen atoms in total. The van der Waals surface area contributed by atoms with E-state index >= 15 is 0 Å². The minimum absolute atomic E-state index is 0.153. The highest BCUT2D eigenvalue weighted by atomic mass is 79.9. The lowest BCUT2D eigenvalue weighted by atomic mass is 10.1. The molecule has 0 aromatic heterocycles. The summed E-state index contributed by atoms with van der Waals surface area (Å²) in [5, 5.41) is 3.39. The minimum atomic E-state index is -0.153. The first kappa shape index (κ1) is 17.8. The predicted octanol–water partition coefficient (Wildman–Crippen LogP) is 4.97. The van der Waals surface area contributed by atoms with Gasteiger partial charge in [-0.1, -0.05) is 34.1 Å². The number of halogens is 1. The van der Waals surface area contributed by atoms with Crippen molar-refractivity contribution < 1.29 is 9.53 Å². The van der Waals surface area contributed by atoms with Gasteiger partial charge in [-0.05, 0) is 61.0 Å². The lowest BCUT2D eigenvalue weighted by Gasteiger charge is -2.05. The first-order chi connectivity index (χ1) is 12.0. The molecule has 1 amide bonds. The molecule has 1 saturated heterocycles. The Morgan fingerprint density at radius 3 is 2.56 bits per heavy atom. The molecular weight excluding hydrogens is 400 g/mol. The Morgan fingerprint density at radius 2 is 1.88 bits per heavy atom. The van der Waals surface area contributed by atoms with Gasteiger partial charge in [0.1, 0.15) is 5.75 Å². The highest BCUT2D eigenvalue weighted by molar-refractivity contribution is 9.10. The molecule has 1 N–H and O–H groups in total. The standard InChI is InChI=1S/C19H17BrN2O2S/c1-11-8-14(9-12(2)17(11)20)21-19-22-18(23)16(25-19)10-13-6-4-5-7-15(13)24-3/h4-10H,1-3H3,(H,21,22,23)/b16-10-. The van der Waals surface area contributed by atoms with Gasteiger partial charge in [-0.3, -0.25) is 4.79 Å². The fourth-order valence-electron chi connectivity index (χ4n) is 2.51. The van der Waals surface area contributed by atoms with Crippen molar-refractivity contribution in [3.05, 3.63) is 62.5 Å². The molecule has 1 aliphatic rings. The quantitative estimate of drug-likeness (QED) is 0.718. The van der Waals surface area contributed by atoms with Gasteiger partial charge in [0.25, 0.3) is 5.91 Å². The number of nitrogens with zero attached hydrogens (tertiary/aromatic N) is 1. The van der Waals surface area contributed by atoms with Gasteiger partial charge in [0.05, 0.1) is 17.7 Å². The number of carbonyl (C=O) groups excluding carboxylic acids is 1. The van der Waals surface area contributed by atoms with Crippen LogP contribution in [0.3, 0.4) is 0 Å². The van der Waals surface area contributed by atoms with Gasteiger partial charge in [-0.2, -0.15) is 0 Å². The zero-order chi connectivity index (χ0) is 18.0. The van der Waals surface area contributed by atoms with Crippen molar-refractivity contribution in [3.8, 4) is 5.75 Å². The Kier molecular flexibility index (Phi) is 5.30. The number of hydrogen-bond donors (Lipinski definition) is 1. The molecule has 0 unspecified atom stereocenters. The molecule has 0 aliphatic carbocycles. The molecule has 1 heterocycles. The number of para-hydroxylation sites is 1. The number of aliphatic imine (C=N–C) groups is 1. The summed E-state index contributed by atoms with van der Waals surface area (Å²) in [5.41, 5.74) is 3.90. The van der Waals surface area contributed by atoms with E-state index in [2.05, 4.69) is 26.2 Å². The van der Waals surface area contributed by atoms with Gasteiger partial charge < -0.3 is 10.1 Å². The summed E-state index contributed by atoms with van der Waals surface area (Å²) < 4.78 is 6.41. The van der Waals surface area contributed by atoms with Gasteiger partial charge in [-0.15, -0.1) is 0 Å². The molecular formula is C19H17BrN2O2S. The Morgan fingerprint density at radius 1 is 1.20 bits per heavy atom. The average molecular weight is 417 g/mol. The van der Waals surface area contributed by atoms with Crippen molar-refractivity contribution in [3.63, 3.8) is 0 Å². The summed E-state index contributed by atoms with van der Waals surface area (Å²) in [7, 11) is 1.62. The van der Waals surface area contributed by atoms with E-state index in [0.29, 0.717) is 10.1 Å². The summed E-state index contributed by atoms with van der Waals surface area (Å²) in [6.45, 7) is 4.04. The van der Waals surface area contributed by atoms with Crippen molar-refractivity contribution in [2.45, 2.75) is 13.8 Å². The molecule has 2 aromatic rings. The lowest BCUT2D eigenvalue weighted by Crippen LogP contribution is -2.19. The lowest BCUT2D eigenvalue weighted by molar-refractivity contribution is -0.115. The summed E-state index contributed by atoms with van der Waals surface area (Å²) in [6, 6.07) is 11.6. The number of amides is 1. The largest absolute Gasteiger partial charge is 0.496 e. The number of hydrogen-bond acceptors (Lipinski definition) is 4. The first-order valence-electron chi connectivity index (χ1n) is 7.67. The third-order valence-electron chi connectivity index (χ3n) is 3.73. The van der Waals surface area contributed by atoms with E-state index in [1.54, 1.807) is 7.11 Å². The smallest absolute Gasteiger partial charge is 0.264 e. The molecule has 0 bridgehead atoms. The normalized spacial score (nSPS) is 17.2. The van der Waals surface area contributed by atoms with E-state index in [-0.39, 0.29) is 5.91 Å². The van der Waals surface area contributed by atoms with Crippen LogP contribution in [0.25, 0.3) is 6.08 Å². The Balaban J connectivity index is 1.89. The SMILES string of the molecule is COc1ccccc1/C=C1\SC(=Nc2cc(C)c(Br)c(C)c2)NC1=O. The van der Waals surface area contributed by atoms with Crippen LogP contribution in [0.5, 0.6) is 5.75 Å². The number of aryl methyl sites for hydroxylation is 2. The maximum Gasteiger partial charge on any atom is 0.264 e. The monoisotopic (exact) mass is 416 g/mol. The molecule has 25 heavy (non-hydrogen) atoms. The number of carbonyl (C=O) groups is 1. The zero-order valence-electron chi connectivity index (χ0n) is 14.1. The van der Waals surface area contributed by atoms with Crippen LogP contribution >= 0.6 is 27.7 Å². The number of nitrogens with one attached hydrogen (secondary N) is 1. The van der Waals surface area contributed by atoms with Crippen LogP contribution < -0.4 is 10.1 Å². The van der Waals surface area contributed by atoms with Gasteiger partial charge in [0.15, 0.2) is 5.17 Å². The van der Waals surface area contributed by atoms with Crippen molar-refractivity contribution >= 4 is 50.5 Å². The van der Waals surface area contributed by atoms with Crippen LogP contribution in [0.2, 0.25) is 0 Å². The third-order valence-corrected chi connectivity index (χ3v) is 5.89. The second kappa shape index (κ2) is 7.45. The second-order valence-corrected chi connectivity index (χ2v) is 7.44. The average Bonchev–Trinajstić information content (AvgIpc) is 2.92. The van der Waals surface area contributed by atoms with Crippen molar-refractivity contribution in [2.24, 2.45) is 4.99 Å². The number of rotatable bonds is 3. The summed E-state index contributed by atoms with van der Waals surface area (Å²) in [6.07, 6.45) is 1.82. The summed E-state index contributed by atoms with van der Waals surface area (Å²) in [4.78, 5) is 17.4. The molecule has 2 aromatic carbocycles. The van der Waals surface area contributed by atoms with Gasteiger partial charge in [0, 0.05) is 10.0 Å². The van der Waals surface area contributed by atoms with E-state index in [4.69, 9.17) is 4.74 Å². The zero-order valence-corrected chi connectivity index (χ0v) is 16.5. The van der Waals surface area contributed by atoms with Gasteiger partial charge in [0.2, 0.25) is 0 Å². The maximum absolute atomic E-state index is 12.2. The van der Waals surface area contributed by atoms with Crippen LogP contribution in [0, 0.1) is 13.8 Å². The topological polar surface area (TPSA) is 50.7 Å². The van der Waals surface area contributed by atoms with Crippen molar-refractivity contribution in [1.29, 1.82) is 0 Å². The van der Waals surface area contributed by atoms with Gasteiger partial charge >= 0.3 is 0 Å². The van der Waals surface area contributed by atoms with E-state index in [0.717, 1.165) is 32.6 Å². The molecule has 128 valence electrons. The van der Waals surface area contributed by atoms with Crippen LogP contribution in [-0.4, -0.2) is 18.2 Å². The fraction of sp³-hybridized carbons (Fsp3) is 0.158. The second-order valence-electron chi connectivity index (χ2n) is 5.62. The van der Waals surface area contributed by atoms with Crippen molar-refractivity contribution in [1.82, 2.24) is 5.32 Å². The maximum atomic E-state index is 12.2. The van der Waals surface area contributed by atoms with E-state index in [1.165, 1.54) is 11.8 Å². The van der Waals surface area contributed by atoms with Crippen LogP contribution in [0.15, 0.2) is 50.8 Å². The first-order valence-corrected chi connectivity index (χ1v) is 9.28. The molecule has 3 rings (SSSR count). The molecule has 0 saturated carbocycles. The molecule has 0 radical (unpaired) electrons. The van der Waals surface area contributed by atoms with Crippen LogP contribution in [0.1, 0.15) is 16.7 Å². The molecule has 0 spiro atoms. The van der Waals surface area contributed by atoms with Crippen molar-refractivity contribution in [2.75, 3.05) is 7.11 Å². The Labute approximate surface area is 159 Å².